The monoisotopic (exact) mass is 422 g/mol. The Morgan fingerprint density at radius 3 is 2.58 bits per heavy atom. The van der Waals surface area contributed by atoms with Crippen LogP contribution in [0.3, 0.4) is 0 Å². The molecule has 7 heteroatoms. The van der Waals surface area contributed by atoms with Crippen LogP contribution in [0.15, 0.2) is 48.8 Å². The van der Waals surface area contributed by atoms with Crippen LogP contribution in [0, 0.1) is 0 Å². The Hall–Kier alpha value is -3.32. The van der Waals surface area contributed by atoms with Crippen LogP contribution < -0.4 is 24.7 Å². The van der Waals surface area contributed by atoms with Crippen molar-refractivity contribution in [3.8, 4) is 23.1 Å². The Labute approximate surface area is 182 Å². The minimum atomic E-state index is -0.161. The van der Waals surface area contributed by atoms with E-state index in [2.05, 4.69) is 18.8 Å². The van der Waals surface area contributed by atoms with Crippen LogP contribution in [0.25, 0.3) is 0 Å². The lowest BCUT2D eigenvalue weighted by atomic mass is 9.83. The molecule has 0 amide bonds. The van der Waals surface area contributed by atoms with Crippen LogP contribution in [0.4, 0.5) is 5.82 Å². The van der Waals surface area contributed by atoms with Crippen LogP contribution in [0.2, 0.25) is 0 Å². The number of hydrogen-bond donors (Lipinski definition) is 3. The minimum Gasteiger partial charge on any atom is -0.508 e. The number of fused-ring (bicyclic) bond motifs is 2. The van der Waals surface area contributed by atoms with Gasteiger partial charge in [-0.15, -0.1) is 0 Å². The number of aromatic hydroxyl groups is 1. The molecule has 1 aliphatic heterocycles. The van der Waals surface area contributed by atoms with Crippen LogP contribution in [-0.4, -0.2) is 36.8 Å². The molecule has 0 saturated carbocycles. The summed E-state index contributed by atoms with van der Waals surface area (Å²) in [6.45, 7) is 8.28. The third-order valence-corrected chi connectivity index (χ3v) is 6.09. The SMILES string of the molecule is CC[NH+](CC)CC[n+]1cnc2c(c1N)[C@H](c1ccc(OC)cc1)c1ccc(O)cc1O2. The average Bonchev–Trinajstić information content (AvgIpc) is 2.79. The topological polar surface area (TPSA) is 85.9 Å². The fourth-order valence-corrected chi connectivity index (χ4v) is 4.18. The zero-order valence-corrected chi connectivity index (χ0v) is 18.3. The van der Waals surface area contributed by atoms with E-state index in [4.69, 9.17) is 15.2 Å². The molecule has 1 aromatic heterocycles. The molecule has 2 heterocycles. The second kappa shape index (κ2) is 8.81. The molecule has 31 heavy (non-hydrogen) atoms. The second-order valence-corrected chi connectivity index (χ2v) is 7.78. The van der Waals surface area contributed by atoms with E-state index >= 15 is 0 Å². The predicted octanol–water partition coefficient (Wildman–Crippen LogP) is 1.88. The minimum absolute atomic E-state index is 0.150. The summed E-state index contributed by atoms with van der Waals surface area (Å²) in [4.78, 5) is 6.10. The molecule has 3 aromatic rings. The first-order valence-electron chi connectivity index (χ1n) is 10.7. The molecule has 162 valence electrons. The van der Waals surface area contributed by atoms with Crippen molar-refractivity contribution in [2.24, 2.45) is 0 Å². The number of methoxy groups -OCH3 is 1. The van der Waals surface area contributed by atoms with Gasteiger partial charge in [-0.1, -0.05) is 23.2 Å². The van der Waals surface area contributed by atoms with Gasteiger partial charge in [0.05, 0.1) is 26.1 Å². The van der Waals surface area contributed by atoms with Crippen molar-refractivity contribution < 1.29 is 24.0 Å². The number of phenolic OH excluding ortho intramolecular Hbond substituents is 1. The third kappa shape index (κ3) is 4.01. The first-order valence-corrected chi connectivity index (χ1v) is 10.7. The number of anilines is 1. The van der Waals surface area contributed by atoms with Crippen LogP contribution in [0.5, 0.6) is 23.1 Å². The van der Waals surface area contributed by atoms with Gasteiger partial charge in [0, 0.05) is 11.6 Å². The molecule has 0 bridgehead atoms. The lowest BCUT2D eigenvalue weighted by Gasteiger charge is -2.27. The van der Waals surface area contributed by atoms with Crippen LogP contribution >= 0.6 is 0 Å². The number of nitrogens with two attached hydrogens (primary N) is 1. The van der Waals surface area contributed by atoms with Crippen molar-refractivity contribution in [2.45, 2.75) is 26.3 Å². The van der Waals surface area contributed by atoms with Gasteiger partial charge in [-0.3, -0.25) is 0 Å². The Morgan fingerprint density at radius 2 is 1.90 bits per heavy atom. The molecular formula is C24H30N4O3+2. The van der Waals surface area contributed by atoms with E-state index in [1.807, 2.05) is 34.9 Å². The zero-order chi connectivity index (χ0) is 22.0. The number of ether oxygens (including phenoxy) is 2. The van der Waals surface area contributed by atoms with Crippen LogP contribution in [0.1, 0.15) is 36.5 Å². The van der Waals surface area contributed by atoms with Crippen molar-refractivity contribution in [1.82, 2.24) is 4.98 Å². The summed E-state index contributed by atoms with van der Waals surface area (Å²) in [5, 5.41) is 9.98. The molecule has 0 unspecified atom stereocenters. The molecule has 0 saturated heterocycles. The van der Waals surface area contributed by atoms with E-state index in [1.54, 1.807) is 25.6 Å². The summed E-state index contributed by atoms with van der Waals surface area (Å²) in [6.07, 6.45) is 1.75. The Morgan fingerprint density at radius 1 is 1.16 bits per heavy atom. The summed E-state index contributed by atoms with van der Waals surface area (Å²) < 4.78 is 13.4. The molecular weight excluding hydrogens is 392 g/mol. The lowest BCUT2D eigenvalue weighted by molar-refractivity contribution is -0.915. The third-order valence-electron chi connectivity index (χ3n) is 6.09. The Bertz CT molecular complexity index is 1070. The summed E-state index contributed by atoms with van der Waals surface area (Å²) in [5.74, 6) is 2.49. The highest BCUT2D eigenvalue weighted by molar-refractivity contribution is 5.62. The maximum absolute atomic E-state index is 9.98. The molecule has 4 rings (SSSR count). The van der Waals surface area contributed by atoms with Crippen molar-refractivity contribution >= 4 is 5.82 Å². The van der Waals surface area contributed by atoms with E-state index in [1.165, 1.54) is 4.90 Å². The summed E-state index contributed by atoms with van der Waals surface area (Å²) in [6, 6.07) is 13.1. The van der Waals surface area contributed by atoms with E-state index in [0.29, 0.717) is 17.4 Å². The summed E-state index contributed by atoms with van der Waals surface area (Å²) >= 11 is 0. The van der Waals surface area contributed by atoms with E-state index in [-0.39, 0.29) is 11.7 Å². The van der Waals surface area contributed by atoms with Gasteiger partial charge in [0.2, 0.25) is 12.1 Å². The van der Waals surface area contributed by atoms with E-state index in [9.17, 15) is 5.11 Å². The highest BCUT2D eigenvalue weighted by Crippen LogP contribution is 2.48. The van der Waals surface area contributed by atoms with E-state index in [0.717, 1.165) is 48.6 Å². The fraction of sp³-hybridized carbons (Fsp3) is 0.333. The zero-order valence-electron chi connectivity index (χ0n) is 18.3. The van der Waals surface area contributed by atoms with Gasteiger partial charge in [-0.2, -0.15) is 0 Å². The standard InChI is InChI=1S/C24H28N4O3/c1-4-27(5-2)12-13-28-15-26-24-22(23(28)25)21(16-6-9-18(30-3)10-7-16)19-11-8-17(29)14-20(19)31-24/h6-11,14-15,21,25,29H,4-5,12-13H2,1-3H3/p+2/t21-/m1/s1. The van der Waals surface area contributed by atoms with Gasteiger partial charge >= 0.3 is 5.88 Å². The first-order chi connectivity index (χ1) is 15.0. The number of benzene rings is 2. The predicted molar refractivity (Wildman–Crippen MR) is 118 cm³/mol. The maximum Gasteiger partial charge on any atom is 0.306 e. The van der Waals surface area contributed by atoms with Gasteiger partial charge < -0.3 is 25.2 Å². The number of nitrogens with zero attached hydrogens (tertiary/aromatic N) is 2. The van der Waals surface area contributed by atoms with E-state index < -0.39 is 0 Å². The second-order valence-electron chi connectivity index (χ2n) is 7.78. The summed E-state index contributed by atoms with van der Waals surface area (Å²) in [5.41, 5.74) is 9.55. The van der Waals surface area contributed by atoms with Gasteiger partial charge in [0.15, 0.2) is 0 Å². The largest absolute Gasteiger partial charge is 0.508 e. The quantitative estimate of drug-likeness (QED) is 0.396. The normalized spacial score (nSPS) is 14.6. The molecule has 0 radical (unpaired) electrons. The number of phenols is 1. The molecule has 7 nitrogen and oxygen atoms in total. The highest BCUT2D eigenvalue weighted by Gasteiger charge is 2.36. The van der Waals surface area contributed by atoms with Crippen molar-refractivity contribution in [1.29, 1.82) is 0 Å². The Balaban J connectivity index is 1.81. The Kier molecular flexibility index (Phi) is 5.95. The number of rotatable bonds is 7. The number of quaternary nitrogens is 1. The van der Waals surface area contributed by atoms with Gasteiger partial charge in [0.25, 0.3) is 0 Å². The maximum atomic E-state index is 9.98. The number of aromatic nitrogens is 2. The lowest BCUT2D eigenvalue weighted by Crippen LogP contribution is -3.12. The molecule has 0 aliphatic carbocycles. The molecule has 0 spiro atoms. The number of nitrogen functional groups attached to an aromatic ring is 1. The average molecular weight is 423 g/mol. The molecule has 4 N–H and O–H groups in total. The number of hydrogen-bond acceptors (Lipinski definition) is 5. The number of nitrogens with one attached hydrogen (secondary N) is 1. The molecule has 1 atom stereocenters. The van der Waals surface area contributed by atoms with Gasteiger partial charge in [-0.25, -0.2) is 4.57 Å². The number of likely N-dealkylation sites (N-methyl/N-ethyl adjacent to an activating group) is 1. The van der Waals surface area contributed by atoms with Crippen molar-refractivity contribution in [3.63, 3.8) is 0 Å². The smallest absolute Gasteiger partial charge is 0.306 e. The molecule has 2 aromatic carbocycles. The van der Waals surface area contributed by atoms with Gasteiger partial charge in [0.1, 0.15) is 35.9 Å². The van der Waals surface area contributed by atoms with Crippen molar-refractivity contribution in [3.05, 3.63) is 65.5 Å². The van der Waals surface area contributed by atoms with Crippen LogP contribution in [-0.2, 0) is 6.54 Å². The fourth-order valence-electron chi connectivity index (χ4n) is 4.18. The van der Waals surface area contributed by atoms with Gasteiger partial charge in [-0.05, 0) is 37.6 Å². The van der Waals surface area contributed by atoms with Crippen molar-refractivity contribution in [2.75, 3.05) is 32.5 Å². The first kappa shape index (κ1) is 20.9. The molecule has 0 fully saturated rings. The molecule has 1 aliphatic rings. The summed E-state index contributed by atoms with van der Waals surface area (Å²) in [7, 11) is 1.65. The highest BCUT2D eigenvalue weighted by atomic mass is 16.5.